The summed E-state index contributed by atoms with van der Waals surface area (Å²) in [6.07, 6.45) is 4.37. The summed E-state index contributed by atoms with van der Waals surface area (Å²) < 4.78 is 0. The predicted octanol–water partition coefficient (Wildman–Crippen LogP) is 2.71. The summed E-state index contributed by atoms with van der Waals surface area (Å²) in [5.74, 6) is 0.187. The van der Waals surface area contributed by atoms with Gasteiger partial charge in [-0.2, -0.15) is 0 Å². The van der Waals surface area contributed by atoms with E-state index in [0.29, 0.717) is 17.9 Å². The van der Waals surface area contributed by atoms with Gasteiger partial charge in [-0.3, -0.25) is 4.79 Å². The molecule has 5 atom stereocenters. The fraction of sp³-hybridized carbons (Fsp3) is 0.588. The Bertz CT molecular complexity index is 473. The van der Waals surface area contributed by atoms with E-state index in [0.717, 1.165) is 19.3 Å². The quantitative estimate of drug-likeness (QED) is 0.867. The maximum atomic E-state index is 11.5. The predicted molar refractivity (Wildman–Crippen MR) is 78.5 cm³/mol. The summed E-state index contributed by atoms with van der Waals surface area (Å²) >= 11 is 0. The van der Waals surface area contributed by atoms with Crippen LogP contribution in [0.15, 0.2) is 30.3 Å². The molecule has 5 unspecified atom stereocenters. The molecule has 0 aliphatic heterocycles. The maximum absolute atomic E-state index is 11.5. The van der Waals surface area contributed by atoms with Gasteiger partial charge >= 0.3 is 5.97 Å². The Kier molecular flexibility index (Phi) is 3.79. The van der Waals surface area contributed by atoms with Crippen LogP contribution in [0.5, 0.6) is 0 Å². The van der Waals surface area contributed by atoms with Gasteiger partial charge in [-0.25, -0.2) is 0 Å². The summed E-state index contributed by atoms with van der Waals surface area (Å²) in [6, 6.07) is 10.9. The van der Waals surface area contributed by atoms with Crippen LogP contribution in [0.4, 0.5) is 0 Å². The fourth-order valence-electron chi connectivity index (χ4n) is 4.24. The van der Waals surface area contributed by atoms with Gasteiger partial charge < -0.3 is 10.4 Å². The zero-order chi connectivity index (χ0) is 14.1. The van der Waals surface area contributed by atoms with Crippen LogP contribution in [-0.4, -0.2) is 23.2 Å². The summed E-state index contributed by atoms with van der Waals surface area (Å²) in [5.41, 5.74) is 1.31. The topological polar surface area (TPSA) is 49.3 Å². The smallest absolute Gasteiger partial charge is 0.308 e. The van der Waals surface area contributed by atoms with E-state index in [2.05, 4.69) is 36.5 Å². The van der Waals surface area contributed by atoms with Crippen molar-refractivity contribution in [2.24, 2.45) is 17.8 Å². The van der Waals surface area contributed by atoms with Crippen LogP contribution in [0.2, 0.25) is 0 Å². The molecule has 2 N–H and O–H groups in total. The summed E-state index contributed by atoms with van der Waals surface area (Å²) in [6.45, 7) is 2.16. The van der Waals surface area contributed by atoms with Gasteiger partial charge in [0.05, 0.1) is 5.92 Å². The lowest BCUT2D eigenvalue weighted by Crippen LogP contribution is -2.48. The third-order valence-corrected chi connectivity index (χ3v) is 5.06. The number of rotatable bonds is 5. The van der Waals surface area contributed by atoms with E-state index in [1.54, 1.807) is 0 Å². The third-order valence-electron chi connectivity index (χ3n) is 5.06. The van der Waals surface area contributed by atoms with Gasteiger partial charge in [-0.15, -0.1) is 0 Å². The van der Waals surface area contributed by atoms with E-state index in [9.17, 15) is 9.90 Å². The number of hydrogen-bond acceptors (Lipinski definition) is 2. The summed E-state index contributed by atoms with van der Waals surface area (Å²) in [7, 11) is 0. The van der Waals surface area contributed by atoms with Gasteiger partial charge in [-0.1, -0.05) is 30.3 Å². The van der Waals surface area contributed by atoms with Crippen molar-refractivity contribution in [1.82, 2.24) is 5.32 Å². The van der Waals surface area contributed by atoms with E-state index >= 15 is 0 Å². The highest BCUT2D eigenvalue weighted by Crippen LogP contribution is 2.48. The van der Waals surface area contributed by atoms with E-state index in [1.165, 1.54) is 12.0 Å². The number of nitrogens with one attached hydrogen (secondary N) is 1. The first kappa shape index (κ1) is 13.6. The molecule has 0 saturated heterocycles. The van der Waals surface area contributed by atoms with E-state index in [4.69, 9.17) is 0 Å². The van der Waals surface area contributed by atoms with Gasteiger partial charge in [-0.05, 0) is 50.0 Å². The Balaban J connectivity index is 1.63. The van der Waals surface area contributed by atoms with Crippen LogP contribution < -0.4 is 5.32 Å². The average Bonchev–Trinajstić information content (AvgIpc) is 3.00. The van der Waals surface area contributed by atoms with Gasteiger partial charge in [0.1, 0.15) is 0 Å². The lowest BCUT2D eigenvalue weighted by atomic mass is 9.84. The molecule has 2 aliphatic carbocycles. The third kappa shape index (κ3) is 2.59. The first-order chi connectivity index (χ1) is 9.65. The molecular weight excluding hydrogens is 250 g/mol. The molecular formula is C17H23NO2. The lowest BCUT2D eigenvalue weighted by molar-refractivity contribution is -0.144. The Morgan fingerprint density at radius 1 is 1.30 bits per heavy atom. The molecule has 3 nitrogen and oxygen atoms in total. The summed E-state index contributed by atoms with van der Waals surface area (Å²) in [4.78, 5) is 11.5. The molecule has 1 aromatic rings. The van der Waals surface area contributed by atoms with Crippen LogP contribution in [0, 0.1) is 17.8 Å². The Labute approximate surface area is 120 Å². The highest BCUT2D eigenvalue weighted by Gasteiger charge is 2.51. The van der Waals surface area contributed by atoms with Crippen molar-refractivity contribution < 1.29 is 9.90 Å². The number of carboxylic acids is 1. The van der Waals surface area contributed by atoms with Crippen LogP contribution in [-0.2, 0) is 11.2 Å². The van der Waals surface area contributed by atoms with Crippen LogP contribution >= 0.6 is 0 Å². The van der Waals surface area contributed by atoms with Crippen molar-refractivity contribution in [2.45, 2.75) is 44.7 Å². The molecule has 2 bridgehead atoms. The van der Waals surface area contributed by atoms with Crippen molar-refractivity contribution in [3.8, 4) is 0 Å². The first-order valence-corrected chi connectivity index (χ1v) is 7.68. The Morgan fingerprint density at radius 3 is 2.70 bits per heavy atom. The minimum absolute atomic E-state index is 0.171. The summed E-state index contributed by atoms with van der Waals surface area (Å²) in [5, 5.41) is 13.1. The van der Waals surface area contributed by atoms with Crippen LogP contribution in [0.25, 0.3) is 0 Å². The van der Waals surface area contributed by atoms with Gasteiger partial charge in [0.25, 0.3) is 0 Å². The molecule has 0 heterocycles. The largest absolute Gasteiger partial charge is 0.481 e. The minimum Gasteiger partial charge on any atom is -0.481 e. The molecule has 1 aromatic carbocycles. The van der Waals surface area contributed by atoms with Gasteiger partial charge in [0, 0.05) is 12.1 Å². The van der Waals surface area contributed by atoms with Crippen molar-refractivity contribution in [1.29, 1.82) is 0 Å². The maximum Gasteiger partial charge on any atom is 0.308 e. The van der Waals surface area contributed by atoms with Crippen molar-refractivity contribution in [2.75, 3.05) is 0 Å². The molecule has 2 fully saturated rings. The van der Waals surface area contributed by atoms with E-state index < -0.39 is 5.97 Å². The number of aliphatic carboxylic acids is 1. The second-order valence-electron chi connectivity index (χ2n) is 6.48. The molecule has 2 saturated carbocycles. The molecule has 3 heteroatoms. The Morgan fingerprint density at radius 2 is 2.00 bits per heavy atom. The second kappa shape index (κ2) is 5.57. The highest BCUT2D eigenvalue weighted by molar-refractivity contribution is 5.72. The monoisotopic (exact) mass is 273 g/mol. The zero-order valence-electron chi connectivity index (χ0n) is 12.0. The fourth-order valence-corrected chi connectivity index (χ4v) is 4.24. The standard InChI is InChI=1S/C17H23NO2/c1-11(9-12-5-3-2-4-6-12)18-16-14-8-7-13(10-14)15(16)17(19)20/h2-6,11,13-16,18H,7-10H2,1H3,(H,19,20). The molecule has 108 valence electrons. The SMILES string of the molecule is CC(Cc1ccccc1)NC1C2CCC(C2)C1C(=O)O. The number of carbonyl (C=O) groups is 1. The zero-order valence-corrected chi connectivity index (χ0v) is 12.0. The van der Waals surface area contributed by atoms with Crippen LogP contribution in [0.1, 0.15) is 31.7 Å². The van der Waals surface area contributed by atoms with E-state index in [1.807, 2.05) is 6.07 Å². The number of hydrogen-bond donors (Lipinski definition) is 2. The second-order valence-corrected chi connectivity index (χ2v) is 6.48. The van der Waals surface area contributed by atoms with Gasteiger partial charge in [0.2, 0.25) is 0 Å². The van der Waals surface area contributed by atoms with Crippen LogP contribution in [0.3, 0.4) is 0 Å². The number of carboxylic acid groups (broad SMARTS) is 1. The average molecular weight is 273 g/mol. The molecule has 0 spiro atoms. The molecule has 20 heavy (non-hydrogen) atoms. The minimum atomic E-state index is -0.610. The van der Waals surface area contributed by atoms with E-state index in [-0.39, 0.29) is 12.0 Å². The molecule has 0 amide bonds. The molecule has 3 rings (SSSR count). The van der Waals surface area contributed by atoms with Crippen molar-refractivity contribution in [3.63, 3.8) is 0 Å². The first-order valence-electron chi connectivity index (χ1n) is 7.68. The van der Waals surface area contributed by atoms with Gasteiger partial charge in [0.15, 0.2) is 0 Å². The highest BCUT2D eigenvalue weighted by atomic mass is 16.4. The Hall–Kier alpha value is -1.35. The normalized spacial score (nSPS) is 33.2. The molecule has 2 aliphatic rings. The molecule has 0 radical (unpaired) electrons. The number of fused-ring (bicyclic) bond motifs is 2. The molecule has 0 aromatic heterocycles. The van der Waals surface area contributed by atoms with Crippen molar-refractivity contribution in [3.05, 3.63) is 35.9 Å². The number of benzene rings is 1. The lowest BCUT2D eigenvalue weighted by Gasteiger charge is -2.31. The van der Waals surface area contributed by atoms with Crippen molar-refractivity contribution >= 4 is 5.97 Å².